The van der Waals surface area contributed by atoms with E-state index in [-0.39, 0.29) is 5.91 Å². The number of amides is 2. The van der Waals surface area contributed by atoms with E-state index in [2.05, 4.69) is 28.3 Å². The highest BCUT2D eigenvalue weighted by atomic mass is 32.1. The van der Waals surface area contributed by atoms with Crippen LogP contribution >= 0.6 is 11.3 Å². The number of carbonyl (C=O) groups excluding carboxylic acids is 2. The molecule has 0 aliphatic carbocycles. The zero-order chi connectivity index (χ0) is 21.9. The van der Waals surface area contributed by atoms with Crippen LogP contribution in [0, 0.1) is 12.8 Å². The van der Waals surface area contributed by atoms with Crippen molar-refractivity contribution in [1.82, 2.24) is 14.9 Å². The molecule has 0 spiro atoms. The number of hydrogen-bond acceptors (Lipinski definition) is 6. The fraction of sp³-hybridized carbons (Fsp3) is 0.364. The van der Waals surface area contributed by atoms with E-state index in [0.717, 1.165) is 30.6 Å². The Morgan fingerprint density at radius 2 is 2.10 bits per heavy atom. The molecule has 1 aromatic carbocycles. The Morgan fingerprint density at radius 1 is 1.33 bits per heavy atom. The second kappa shape index (κ2) is 11.9. The molecule has 160 valence electrons. The molecule has 0 saturated carbocycles. The normalized spacial score (nSPS) is 15.3. The Balaban J connectivity index is 0.000000162. The van der Waals surface area contributed by atoms with Crippen LogP contribution in [0.3, 0.4) is 0 Å². The van der Waals surface area contributed by atoms with E-state index < -0.39 is 0 Å². The molecule has 1 saturated heterocycles. The van der Waals surface area contributed by atoms with Gasteiger partial charge in [-0.15, -0.1) is 11.3 Å². The first-order valence-corrected chi connectivity index (χ1v) is 10.7. The lowest BCUT2D eigenvalue weighted by Crippen LogP contribution is -2.32. The molecule has 30 heavy (non-hydrogen) atoms. The van der Waals surface area contributed by atoms with Gasteiger partial charge in [0, 0.05) is 20.0 Å². The lowest BCUT2D eigenvalue weighted by Gasteiger charge is -2.27. The maximum absolute atomic E-state index is 10.6. The number of likely N-dealkylation sites (tertiary alicyclic amines) is 1. The molecular formula is C22H29N5O2S. The van der Waals surface area contributed by atoms with Crippen molar-refractivity contribution in [2.45, 2.75) is 33.6 Å². The number of carbonyl (C=O) groups is 2. The number of piperidine rings is 1. The van der Waals surface area contributed by atoms with Crippen LogP contribution in [0.5, 0.6) is 0 Å². The fourth-order valence-corrected chi connectivity index (χ4v) is 3.66. The summed E-state index contributed by atoms with van der Waals surface area (Å²) in [6, 6.07) is 9.91. The van der Waals surface area contributed by atoms with Gasteiger partial charge in [0.15, 0.2) is 0 Å². The Labute approximate surface area is 181 Å². The molecule has 1 aliphatic rings. The van der Waals surface area contributed by atoms with Crippen LogP contribution in [0.1, 0.15) is 32.3 Å². The maximum Gasteiger partial charge on any atom is 0.221 e. The Kier molecular flexibility index (Phi) is 9.21. The third-order valence-corrected chi connectivity index (χ3v) is 5.32. The largest absolute Gasteiger partial charge is 0.383 e. The first-order chi connectivity index (χ1) is 14.4. The van der Waals surface area contributed by atoms with Gasteiger partial charge in [-0.3, -0.25) is 9.59 Å². The minimum atomic E-state index is -0.110. The monoisotopic (exact) mass is 427 g/mol. The van der Waals surface area contributed by atoms with Gasteiger partial charge in [-0.1, -0.05) is 19.1 Å². The number of benzene rings is 1. The second-order valence-corrected chi connectivity index (χ2v) is 8.16. The maximum atomic E-state index is 10.6. The lowest BCUT2D eigenvalue weighted by atomic mass is 10.0. The Bertz CT molecular complexity index is 929. The topological polar surface area (TPSA) is 101 Å². The van der Waals surface area contributed by atoms with E-state index in [9.17, 15) is 9.59 Å². The zero-order valence-corrected chi connectivity index (χ0v) is 18.5. The van der Waals surface area contributed by atoms with Gasteiger partial charge in [0.25, 0.3) is 0 Å². The summed E-state index contributed by atoms with van der Waals surface area (Å²) in [7, 11) is 0. The zero-order valence-electron chi connectivity index (χ0n) is 17.7. The first kappa shape index (κ1) is 23.3. The average Bonchev–Trinajstić information content (AvgIpc) is 3.20. The van der Waals surface area contributed by atoms with Crippen LogP contribution in [-0.4, -0.2) is 40.3 Å². The number of rotatable bonds is 2. The number of nitrogens with zero attached hydrogens (tertiary/aromatic N) is 3. The van der Waals surface area contributed by atoms with Crippen molar-refractivity contribution in [2.24, 2.45) is 5.92 Å². The number of aromatic nitrogens is 2. The SMILES string of the molecule is CC(=O)Nc1cnc(N)c(C)c1.CC1CCCN(C=O)C1.c1ccc2scnc2c1. The number of nitrogen functional groups attached to an aromatic ring is 1. The molecule has 7 nitrogen and oxygen atoms in total. The molecule has 0 radical (unpaired) electrons. The van der Waals surface area contributed by atoms with Crippen molar-refractivity contribution in [3.05, 3.63) is 47.6 Å². The number of pyridine rings is 1. The van der Waals surface area contributed by atoms with Crippen LogP contribution in [0.15, 0.2) is 42.0 Å². The standard InChI is InChI=1S/C8H11N3O.C7H13NO.C7H5NS/c1-5-3-7(11-6(2)12)4-10-8(5)9;1-7-3-2-4-8(5-7)6-9;1-2-4-7-6(3-1)8-5-9-7/h3-4H,1-2H3,(H2,9,10)(H,11,12);6-7H,2-5H2,1H3;1-5H. The van der Waals surface area contributed by atoms with Crippen molar-refractivity contribution < 1.29 is 9.59 Å². The average molecular weight is 428 g/mol. The number of nitrogens with one attached hydrogen (secondary N) is 1. The van der Waals surface area contributed by atoms with Crippen molar-refractivity contribution in [2.75, 3.05) is 24.1 Å². The summed E-state index contributed by atoms with van der Waals surface area (Å²) in [6.45, 7) is 7.41. The Morgan fingerprint density at radius 3 is 2.70 bits per heavy atom. The molecule has 4 rings (SSSR count). The highest BCUT2D eigenvalue weighted by Gasteiger charge is 2.13. The van der Waals surface area contributed by atoms with E-state index >= 15 is 0 Å². The lowest BCUT2D eigenvalue weighted by molar-refractivity contribution is -0.119. The number of thiazole rings is 1. The van der Waals surface area contributed by atoms with Crippen molar-refractivity contribution in [3.63, 3.8) is 0 Å². The third-order valence-electron chi connectivity index (χ3n) is 4.51. The van der Waals surface area contributed by atoms with Gasteiger partial charge in [0.1, 0.15) is 5.82 Å². The highest BCUT2D eigenvalue weighted by Crippen LogP contribution is 2.15. The second-order valence-electron chi connectivity index (χ2n) is 7.28. The van der Waals surface area contributed by atoms with Crippen LogP contribution in [0.4, 0.5) is 11.5 Å². The molecule has 2 amide bonds. The number of nitrogens with two attached hydrogens (primary N) is 1. The summed E-state index contributed by atoms with van der Waals surface area (Å²) in [5.41, 5.74) is 10.00. The molecule has 8 heteroatoms. The summed E-state index contributed by atoms with van der Waals surface area (Å²) in [4.78, 5) is 30.8. The predicted octanol–water partition coefficient (Wildman–Crippen LogP) is 4.10. The van der Waals surface area contributed by atoms with Crippen molar-refractivity contribution in [1.29, 1.82) is 0 Å². The summed E-state index contributed by atoms with van der Waals surface area (Å²) in [5.74, 6) is 1.09. The number of fused-ring (bicyclic) bond motifs is 1. The summed E-state index contributed by atoms with van der Waals surface area (Å²) in [5, 5.41) is 2.62. The predicted molar refractivity (Wildman–Crippen MR) is 123 cm³/mol. The molecule has 3 N–H and O–H groups in total. The molecule has 1 unspecified atom stereocenters. The molecule has 2 aromatic heterocycles. The molecule has 1 aliphatic heterocycles. The van der Waals surface area contributed by atoms with Gasteiger partial charge in [-0.05, 0) is 49.4 Å². The van der Waals surface area contributed by atoms with E-state index in [1.807, 2.05) is 35.5 Å². The van der Waals surface area contributed by atoms with E-state index in [4.69, 9.17) is 5.73 Å². The number of hydrogen-bond donors (Lipinski definition) is 2. The van der Waals surface area contributed by atoms with E-state index in [1.54, 1.807) is 17.4 Å². The Hall–Kier alpha value is -3.00. The molecule has 3 aromatic rings. The van der Waals surface area contributed by atoms with Gasteiger partial charge in [0.2, 0.25) is 12.3 Å². The molecule has 0 bridgehead atoms. The molecule has 1 atom stereocenters. The highest BCUT2D eigenvalue weighted by molar-refractivity contribution is 7.16. The van der Waals surface area contributed by atoms with E-state index in [0.29, 0.717) is 17.4 Å². The summed E-state index contributed by atoms with van der Waals surface area (Å²) < 4.78 is 1.26. The molecular weight excluding hydrogens is 398 g/mol. The quantitative estimate of drug-likeness (QED) is 0.600. The first-order valence-electron chi connectivity index (χ1n) is 9.86. The van der Waals surface area contributed by atoms with E-state index in [1.165, 1.54) is 30.7 Å². The van der Waals surface area contributed by atoms with Gasteiger partial charge in [0.05, 0.1) is 27.6 Å². The summed E-state index contributed by atoms with van der Waals surface area (Å²) >= 11 is 1.68. The number of anilines is 2. The summed E-state index contributed by atoms with van der Waals surface area (Å²) in [6.07, 6.45) is 4.95. The van der Waals surface area contributed by atoms with Gasteiger partial charge in [-0.25, -0.2) is 9.97 Å². The van der Waals surface area contributed by atoms with Crippen LogP contribution in [0.25, 0.3) is 10.2 Å². The van der Waals surface area contributed by atoms with Gasteiger partial charge in [-0.2, -0.15) is 0 Å². The van der Waals surface area contributed by atoms with Crippen molar-refractivity contribution in [3.8, 4) is 0 Å². The smallest absolute Gasteiger partial charge is 0.221 e. The minimum Gasteiger partial charge on any atom is -0.383 e. The number of aryl methyl sites for hydroxylation is 1. The van der Waals surface area contributed by atoms with Gasteiger partial charge < -0.3 is 16.0 Å². The van der Waals surface area contributed by atoms with Crippen molar-refractivity contribution >= 4 is 45.4 Å². The molecule has 1 fully saturated rings. The third kappa shape index (κ3) is 7.79. The van der Waals surface area contributed by atoms with Crippen LogP contribution in [0.2, 0.25) is 0 Å². The van der Waals surface area contributed by atoms with Crippen LogP contribution in [-0.2, 0) is 9.59 Å². The van der Waals surface area contributed by atoms with Crippen LogP contribution < -0.4 is 11.1 Å². The molecule has 3 heterocycles. The fourth-order valence-electron chi connectivity index (χ4n) is 2.98. The van der Waals surface area contributed by atoms with Gasteiger partial charge >= 0.3 is 0 Å². The number of para-hydroxylation sites is 1. The minimum absolute atomic E-state index is 0.110.